The molecule has 1 unspecified atom stereocenters. The van der Waals surface area contributed by atoms with E-state index in [1.807, 2.05) is 25.1 Å². The van der Waals surface area contributed by atoms with E-state index < -0.39 is 0 Å². The summed E-state index contributed by atoms with van der Waals surface area (Å²) in [6, 6.07) is 7.51. The first-order chi connectivity index (χ1) is 12.9. The zero-order chi connectivity index (χ0) is 19.8. The summed E-state index contributed by atoms with van der Waals surface area (Å²) >= 11 is 0. The van der Waals surface area contributed by atoms with Gasteiger partial charge < -0.3 is 10.1 Å². The highest BCUT2D eigenvalue weighted by Crippen LogP contribution is 2.38. The zero-order valence-electron chi connectivity index (χ0n) is 17.3. The molecule has 0 aliphatic heterocycles. The Bertz CT molecular complexity index is 626. The fourth-order valence-electron chi connectivity index (χ4n) is 4.17. The van der Waals surface area contributed by atoms with Crippen molar-refractivity contribution in [2.24, 2.45) is 23.7 Å². The maximum absolute atomic E-state index is 12.8. The molecule has 4 heteroatoms. The van der Waals surface area contributed by atoms with Gasteiger partial charge in [0.2, 0.25) is 5.91 Å². The normalized spacial score (nSPS) is 22.5. The van der Waals surface area contributed by atoms with Crippen molar-refractivity contribution < 1.29 is 14.3 Å². The van der Waals surface area contributed by atoms with Crippen LogP contribution in [0.15, 0.2) is 24.3 Å². The van der Waals surface area contributed by atoms with Crippen LogP contribution in [0.2, 0.25) is 0 Å². The molecule has 1 aliphatic rings. The van der Waals surface area contributed by atoms with Gasteiger partial charge in [0.15, 0.2) is 0 Å². The molecule has 1 N–H and O–H groups in total. The predicted octanol–water partition coefficient (Wildman–Crippen LogP) is 4.62. The summed E-state index contributed by atoms with van der Waals surface area (Å²) in [6.45, 7) is 9.64. The number of esters is 1. The molecule has 0 aromatic heterocycles. The summed E-state index contributed by atoms with van der Waals surface area (Å²) in [4.78, 5) is 25.0. The van der Waals surface area contributed by atoms with Gasteiger partial charge in [-0.2, -0.15) is 0 Å². The molecule has 1 saturated carbocycles. The van der Waals surface area contributed by atoms with Crippen LogP contribution >= 0.6 is 0 Å². The van der Waals surface area contributed by atoms with Crippen LogP contribution in [0.3, 0.4) is 0 Å². The summed E-state index contributed by atoms with van der Waals surface area (Å²) < 4.78 is 5.27. The Labute approximate surface area is 164 Å². The number of nitrogens with one attached hydrogen (secondary N) is 1. The van der Waals surface area contributed by atoms with Crippen molar-refractivity contribution in [3.63, 3.8) is 0 Å². The quantitative estimate of drug-likeness (QED) is 0.677. The number of hydrogen-bond donors (Lipinski definition) is 1. The first-order valence-electron chi connectivity index (χ1n) is 10.5. The molecule has 27 heavy (non-hydrogen) atoms. The van der Waals surface area contributed by atoms with E-state index in [1.165, 1.54) is 6.42 Å². The van der Waals surface area contributed by atoms with Gasteiger partial charge in [-0.25, -0.2) is 4.79 Å². The number of carbonyl (C=O) groups is 2. The SMILES string of the molecule is CCCOC(=O)c1ccccc1CCNC(=O)[C@@H]1CC(C)CC[C@H]1C(C)C. The van der Waals surface area contributed by atoms with Crippen LogP contribution in [0.25, 0.3) is 0 Å². The zero-order valence-corrected chi connectivity index (χ0v) is 17.3. The van der Waals surface area contributed by atoms with E-state index in [0.717, 1.165) is 24.8 Å². The predicted molar refractivity (Wildman–Crippen MR) is 109 cm³/mol. The fraction of sp³-hybridized carbons (Fsp3) is 0.652. The smallest absolute Gasteiger partial charge is 0.338 e. The van der Waals surface area contributed by atoms with Gasteiger partial charge >= 0.3 is 5.97 Å². The van der Waals surface area contributed by atoms with E-state index in [0.29, 0.717) is 42.9 Å². The van der Waals surface area contributed by atoms with Crippen molar-refractivity contribution in [2.45, 2.75) is 59.8 Å². The van der Waals surface area contributed by atoms with Crippen LogP contribution < -0.4 is 5.32 Å². The molecule has 0 heterocycles. The van der Waals surface area contributed by atoms with Crippen LogP contribution in [-0.4, -0.2) is 25.0 Å². The summed E-state index contributed by atoms with van der Waals surface area (Å²) in [5, 5.41) is 3.12. The van der Waals surface area contributed by atoms with Crippen molar-refractivity contribution in [1.29, 1.82) is 0 Å². The monoisotopic (exact) mass is 373 g/mol. The summed E-state index contributed by atoms with van der Waals surface area (Å²) in [6.07, 6.45) is 4.79. The van der Waals surface area contributed by atoms with Crippen molar-refractivity contribution in [3.05, 3.63) is 35.4 Å². The number of amides is 1. The molecule has 0 spiro atoms. The number of hydrogen-bond acceptors (Lipinski definition) is 3. The van der Waals surface area contributed by atoms with E-state index >= 15 is 0 Å². The molecule has 1 aromatic rings. The minimum atomic E-state index is -0.278. The third kappa shape index (κ3) is 6.08. The lowest BCUT2D eigenvalue weighted by atomic mass is 9.70. The Balaban J connectivity index is 1.93. The highest BCUT2D eigenvalue weighted by molar-refractivity contribution is 5.91. The highest BCUT2D eigenvalue weighted by atomic mass is 16.5. The van der Waals surface area contributed by atoms with Crippen LogP contribution in [0.5, 0.6) is 0 Å². The van der Waals surface area contributed by atoms with Gasteiger partial charge in [-0.05, 0) is 55.1 Å². The molecule has 1 amide bonds. The van der Waals surface area contributed by atoms with Crippen molar-refractivity contribution in [3.8, 4) is 0 Å². The molecule has 1 aliphatic carbocycles. The topological polar surface area (TPSA) is 55.4 Å². The lowest BCUT2D eigenvalue weighted by Gasteiger charge is -2.36. The van der Waals surface area contributed by atoms with Gasteiger partial charge in [0.05, 0.1) is 12.2 Å². The van der Waals surface area contributed by atoms with E-state index in [2.05, 4.69) is 26.1 Å². The second kappa shape index (κ2) is 10.5. The first kappa shape index (κ1) is 21.5. The van der Waals surface area contributed by atoms with Crippen LogP contribution in [0.1, 0.15) is 69.3 Å². The van der Waals surface area contributed by atoms with E-state index in [-0.39, 0.29) is 17.8 Å². The van der Waals surface area contributed by atoms with E-state index in [4.69, 9.17) is 4.74 Å². The Morgan fingerprint density at radius 3 is 2.67 bits per heavy atom. The van der Waals surface area contributed by atoms with Crippen LogP contribution in [0.4, 0.5) is 0 Å². The molecular weight excluding hydrogens is 338 g/mol. The maximum Gasteiger partial charge on any atom is 0.338 e. The van der Waals surface area contributed by atoms with Crippen LogP contribution in [0, 0.1) is 23.7 Å². The largest absolute Gasteiger partial charge is 0.462 e. The summed E-state index contributed by atoms with van der Waals surface area (Å²) in [7, 11) is 0. The molecule has 0 saturated heterocycles. The molecular formula is C23H35NO3. The number of rotatable bonds is 8. The maximum atomic E-state index is 12.8. The number of carbonyl (C=O) groups excluding carboxylic acids is 2. The van der Waals surface area contributed by atoms with E-state index in [9.17, 15) is 9.59 Å². The minimum absolute atomic E-state index is 0.110. The minimum Gasteiger partial charge on any atom is -0.462 e. The van der Waals surface area contributed by atoms with Gasteiger partial charge in [0, 0.05) is 12.5 Å². The van der Waals surface area contributed by atoms with Gasteiger partial charge in [-0.3, -0.25) is 4.79 Å². The van der Waals surface area contributed by atoms with Gasteiger partial charge in [-0.15, -0.1) is 0 Å². The standard InChI is InChI=1S/C23H35NO3/c1-5-14-27-23(26)20-9-7-6-8-18(20)12-13-24-22(25)21-15-17(4)10-11-19(21)16(2)3/h6-9,16-17,19,21H,5,10-15H2,1-4H3,(H,24,25)/t17?,19-,21+/m0/s1. The molecule has 1 fully saturated rings. The third-order valence-corrected chi connectivity index (χ3v) is 5.73. The van der Waals surface area contributed by atoms with Gasteiger partial charge in [0.1, 0.15) is 0 Å². The second-order valence-corrected chi connectivity index (χ2v) is 8.27. The van der Waals surface area contributed by atoms with Crippen molar-refractivity contribution >= 4 is 11.9 Å². The lowest BCUT2D eigenvalue weighted by Crippen LogP contribution is -2.40. The van der Waals surface area contributed by atoms with Gasteiger partial charge in [-0.1, -0.05) is 52.3 Å². The van der Waals surface area contributed by atoms with Crippen molar-refractivity contribution in [1.82, 2.24) is 5.32 Å². The first-order valence-corrected chi connectivity index (χ1v) is 10.5. The molecule has 0 radical (unpaired) electrons. The Morgan fingerprint density at radius 2 is 1.96 bits per heavy atom. The molecule has 0 bridgehead atoms. The Morgan fingerprint density at radius 1 is 1.22 bits per heavy atom. The molecule has 4 nitrogen and oxygen atoms in total. The lowest BCUT2D eigenvalue weighted by molar-refractivity contribution is -0.129. The van der Waals surface area contributed by atoms with Gasteiger partial charge in [0.25, 0.3) is 0 Å². The Hall–Kier alpha value is -1.84. The fourth-order valence-corrected chi connectivity index (χ4v) is 4.17. The average molecular weight is 374 g/mol. The number of benzene rings is 1. The molecule has 150 valence electrons. The van der Waals surface area contributed by atoms with Crippen molar-refractivity contribution in [2.75, 3.05) is 13.2 Å². The Kier molecular flexibility index (Phi) is 8.33. The summed E-state index contributed by atoms with van der Waals surface area (Å²) in [5.41, 5.74) is 1.53. The second-order valence-electron chi connectivity index (χ2n) is 8.27. The average Bonchev–Trinajstić information content (AvgIpc) is 2.66. The van der Waals surface area contributed by atoms with Crippen LogP contribution in [-0.2, 0) is 16.0 Å². The number of ether oxygens (including phenoxy) is 1. The third-order valence-electron chi connectivity index (χ3n) is 5.73. The summed E-state index contributed by atoms with van der Waals surface area (Å²) in [5.74, 6) is 1.62. The molecule has 1 aromatic carbocycles. The molecule has 2 rings (SSSR count). The molecule has 3 atom stereocenters. The van der Waals surface area contributed by atoms with E-state index in [1.54, 1.807) is 6.07 Å². The highest BCUT2D eigenvalue weighted by Gasteiger charge is 2.35.